The molecule has 0 radical (unpaired) electrons. The van der Waals surface area contributed by atoms with Crippen molar-refractivity contribution in [1.82, 2.24) is 20.3 Å². The molecule has 3 heterocycles. The van der Waals surface area contributed by atoms with Crippen LogP contribution in [0.15, 0.2) is 61.1 Å². The van der Waals surface area contributed by atoms with Gasteiger partial charge in [0, 0.05) is 42.1 Å². The molecule has 2 atom stereocenters. The number of nitrogens with one attached hydrogen (secondary N) is 2. The quantitative estimate of drug-likeness (QED) is 0.707. The smallest absolute Gasteiger partial charge is 0.319 e. The van der Waals surface area contributed by atoms with Crippen LogP contribution < -0.4 is 10.6 Å². The zero-order chi connectivity index (χ0) is 20.1. The predicted molar refractivity (Wildman–Crippen MR) is 110 cm³/mol. The molecule has 1 aliphatic rings. The van der Waals surface area contributed by atoms with Gasteiger partial charge in [0.25, 0.3) is 0 Å². The number of aromatic nitrogens is 3. The number of amides is 2. The van der Waals surface area contributed by atoms with Gasteiger partial charge in [-0.1, -0.05) is 0 Å². The standard InChI is InChI=1S/C22H23N5O2/c1-15-8-13-24-21(25-15)17-4-6-18(7-5-17)26-22(28)27-19-3-2-14-29-20(19)16-9-11-23-12-10-16/h4-13,19-20H,2-3,14H2,1H3,(H2,26,27,28)/t19-,20+/m0/s1. The number of anilines is 1. The summed E-state index contributed by atoms with van der Waals surface area (Å²) >= 11 is 0. The molecule has 29 heavy (non-hydrogen) atoms. The fourth-order valence-corrected chi connectivity index (χ4v) is 3.44. The molecule has 148 valence electrons. The molecule has 0 saturated carbocycles. The topological polar surface area (TPSA) is 89.0 Å². The maximum Gasteiger partial charge on any atom is 0.319 e. The van der Waals surface area contributed by atoms with Crippen molar-refractivity contribution in [2.45, 2.75) is 31.9 Å². The van der Waals surface area contributed by atoms with E-state index >= 15 is 0 Å². The van der Waals surface area contributed by atoms with Gasteiger partial charge in [-0.25, -0.2) is 14.8 Å². The van der Waals surface area contributed by atoms with E-state index in [1.807, 2.05) is 49.4 Å². The number of nitrogens with zero attached hydrogens (tertiary/aromatic N) is 3. The van der Waals surface area contributed by atoms with Gasteiger partial charge >= 0.3 is 6.03 Å². The maximum absolute atomic E-state index is 12.5. The van der Waals surface area contributed by atoms with Crippen LogP contribution in [0, 0.1) is 6.92 Å². The number of pyridine rings is 1. The Morgan fingerprint density at radius 1 is 1.07 bits per heavy atom. The maximum atomic E-state index is 12.5. The van der Waals surface area contributed by atoms with Gasteiger partial charge in [-0.15, -0.1) is 0 Å². The molecule has 0 bridgehead atoms. The lowest BCUT2D eigenvalue weighted by atomic mass is 9.97. The second-order valence-electron chi connectivity index (χ2n) is 7.02. The van der Waals surface area contributed by atoms with Crippen LogP contribution >= 0.6 is 0 Å². The molecule has 7 nitrogen and oxygen atoms in total. The summed E-state index contributed by atoms with van der Waals surface area (Å²) < 4.78 is 5.92. The molecule has 0 aliphatic carbocycles. The van der Waals surface area contributed by atoms with Crippen molar-refractivity contribution in [2.75, 3.05) is 11.9 Å². The van der Waals surface area contributed by atoms with E-state index in [-0.39, 0.29) is 18.2 Å². The minimum Gasteiger partial charge on any atom is -0.371 e. The molecule has 3 aromatic rings. The number of ether oxygens (including phenoxy) is 1. The third kappa shape index (κ3) is 4.75. The highest BCUT2D eigenvalue weighted by Crippen LogP contribution is 2.28. The number of urea groups is 1. The van der Waals surface area contributed by atoms with Crippen LogP contribution in [0.4, 0.5) is 10.5 Å². The molecule has 0 unspecified atom stereocenters. The second-order valence-corrected chi connectivity index (χ2v) is 7.02. The summed E-state index contributed by atoms with van der Waals surface area (Å²) in [5.74, 6) is 0.667. The monoisotopic (exact) mass is 389 g/mol. The van der Waals surface area contributed by atoms with Crippen LogP contribution in [0.2, 0.25) is 0 Å². The minimum atomic E-state index is -0.251. The summed E-state index contributed by atoms with van der Waals surface area (Å²) in [6, 6.07) is 12.9. The van der Waals surface area contributed by atoms with Gasteiger partial charge in [0.05, 0.1) is 6.04 Å². The second kappa shape index (κ2) is 8.79. The summed E-state index contributed by atoms with van der Waals surface area (Å²) in [5.41, 5.74) is 3.54. The molecule has 7 heteroatoms. The van der Waals surface area contributed by atoms with Gasteiger partial charge in [0.1, 0.15) is 6.10 Å². The highest BCUT2D eigenvalue weighted by Gasteiger charge is 2.28. The van der Waals surface area contributed by atoms with E-state index in [9.17, 15) is 4.79 Å². The third-order valence-electron chi connectivity index (χ3n) is 4.87. The average Bonchev–Trinajstić information content (AvgIpc) is 2.75. The molecular weight excluding hydrogens is 366 g/mol. The van der Waals surface area contributed by atoms with Crippen molar-refractivity contribution >= 4 is 11.7 Å². The first-order valence-corrected chi connectivity index (χ1v) is 9.68. The van der Waals surface area contributed by atoms with E-state index in [1.54, 1.807) is 18.6 Å². The molecule has 1 aliphatic heterocycles. The van der Waals surface area contributed by atoms with E-state index in [1.165, 1.54) is 0 Å². The van der Waals surface area contributed by atoms with Crippen molar-refractivity contribution in [3.63, 3.8) is 0 Å². The van der Waals surface area contributed by atoms with Crippen molar-refractivity contribution in [1.29, 1.82) is 0 Å². The summed E-state index contributed by atoms with van der Waals surface area (Å²) in [7, 11) is 0. The van der Waals surface area contributed by atoms with Crippen molar-refractivity contribution in [2.24, 2.45) is 0 Å². The van der Waals surface area contributed by atoms with Crippen LogP contribution in [0.25, 0.3) is 11.4 Å². The zero-order valence-electron chi connectivity index (χ0n) is 16.2. The Morgan fingerprint density at radius 3 is 2.62 bits per heavy atom. The number of carbonyl (C=O) groups excluding carboxylic acids is 1. The van der Waals surface area contributed by atoms with E-state index < -0.39 is 0 Å². The average molecular weight is 389 g/mol. The third-order valence-corrected chi connectivity index (χ3v) is 4.87. The van der Waals surface area contributed by atoms with Crippen LogP contribution in [0.1, 0.15) is 30.2 Å². The molecule has 0 spiro atoms. The van der Waals surface area contributed by atoms with Crippen molar-refractivity contribution in [3.05, 3.63) is 72.3 Å². The normalized spacial score (nSPS) is 18.8. The van der Waals surface area contributed by atoms with E-state index in [4.69, 9.17) is 4.74 Å². The van der Waals surface area contributed by atoms with Gasteiger partial charge < -0.3 is 15.4 Å². The van der Waals surface area contributed by atoms with Gasteiger partial charge in [-0.05, 0) is 67.8 Å². The molecule has 2 amide bonds. The Morgan fingerprint density at radius 2 is 1.86 bits per heavy atom. The first-order valence-electron chi connectivity index (χ1n) is 9.68. The Balaban J connectivity index is 1.40. The van der Waals surface area contributed by atoms with Crippen molar-refractivity contribution in [3.8, 4) is 11.4 Å². The molecule has 1 saturated heterocycles. The number of carbonyl (C=O) groups is 1. The van der Waals surface area contributed by atoms with Gasteiger partial charge in [-0.3, -0.25) is 4.98 Å². The summed E-state index contributed by atoms with van der Waals surface area (Å²) in [6.45, 7) is 2.62. The van der Waals surface area contributed by atoms with Gasteiger partial charge in [0.2, 0.25) is 0 Å². The number of aryl methyl sites for hydroxylation is 1. The first kappa shape index (κ1) is 19.0. The molecule has 4 rings (SSSR count). The van der Waals surface area contributed by atoms with Crippen molar-refractivity contribution < 1.29 is 9.53 Å². The predicted octanol–water partition coefficient (Wildman–Crippen LogP) is 3.89. The van der Waals surface area contributed by atoms with E-state index in [0.29, 0.717) is 18.1 Å². The molecule has 2 aromatic heterocycles. The molecule has 1 aromatic carbocycles. The van der Waals surface area contributed by atoms with Gasteiger partial charge in [-0.2, -0.15) is 0 Å². The van der Waals surface area contributed by atoms with Crippen LogP contribution in [-0.2, 0) is 4.74 Å². The fourth-order valence-electron chi connectivity index (χ4n) is 3.44. The molecule has 2 N–H and O–H groups in total. The number of hydrogen-bond acceptors (Lipinski definition) is 5. The Bertz CT molecular complexity index is 962. The fraction of sp³-hybridized carbons (Fsp3) is 0.273. The van der Waals surface area contributed by atoms with Gasteiger partial charge in [0.15, 0.2) is 5.82 Å². The lowest BCUT2D eigenvalue weighted by Gasteiger charge is -2.32. The Kier molecular flexibility index (Phi) is 5.76. The van der Waals surface area contributed by atoms with E-state index in [0.717, 1.165) is 29.7 Å². The summed E-state index contributed by atoms with van der Waals surface area (Å²) in [4.78, 5) is 25.3. The van der Waals surface area contributed by atoms with Crippen LogP contribution in [0.5, 0.6) is 0 Å². The zero-order valence-corrected chi connectivity index (χ0v) is 16.2. The highest BCUT2D eigenvalue weighted by molar-refractivity contribution is 5.89. The SMILES string of the molecule is Cc1ccnc(-c2ccc(NC(=O)N[C@H]3CCCO[C@@H]3c3ccncc3)cc2)n1. The molecular formula is C22H23N5O2. The first-order chi connectivity index (χ1) is 14.2. The number of rotatable bonds is 4. The minimum absolute atomic E-state index is 0.0916. The Labute approximate surface area is 169 Å². The van der Waals surface area contributed by atoms with Crippen LogP contribution in [-0.4, -0.2) is 33.6 Å². The number of hydrogen-bond donors (Lipinski definition) is 2. The Hall–Kier alpha value is -3.32. The lowest BCUT2D eigenvalue weighted by Crippen LogP contribution is -2.44. The largest absolute Gasteiger partial charge is 0.371 e. The number of benzene rings is 1. The molecule has 1 fully saturated rings. The van der Waals surface area contributed by atoms with E-state index in [2.05, 4.69) is 25.6 Å². The summed E-state index contributed by atoms with van der Waals surface area (Å²) in [6.07, 6.45) is 6.83. The lowest BCUT2D eigenvalue weighted by molar-refractivity contribution is -0.00701. The highest BCUT2D eigenvalue weighted by atomic mass is 16.5. The van der Waals surface area contributed by atoms with Crippen LogP contribution in [0.3, 0.4) is 0 Å². The summed E-state index contributed by atoms with van der Waals surface area (Å²) in [5, 5.41) is 5.94.